The predicted molar refractivity (Wildman–Crippen MR) is 104 cm³/mol. The summed E-state index contributed by atoms with van der Waals surface area (Å²) in [4.78, 5) is 23.4. The maximum Gasteiger partial charge on any atom is 0.311 e. The molecule has 0 N–H and O–H groups in total. The molecule has 0 bridgehead atoms. The highest BCUT2D eigenvalue weighted by Crippen LogP contribution is 2.17. The molecule has 0 amide bonds. The van der Waals surface area contributed by atoms with E-state index in [4.69, 9.17) is 21.1 Å². The minimum atomic E-state index is -0.393. The Bertz CT molecular complexity index is 658. The molecule has 4 nitrogen and oxygen atoms in total. The smallest absolute Gasteiger partial charge is 0.311 e. The third kappa shape index (κ3) is 10.7. The Morgan fingerprint density at radius 1 is 1.04 bits per heavy atom. The van der Waals surface area contributed by atoms with Crippen LogP contribution in [-0.2, 0) is 14.3 Å². The molecule has 26 heavy (non-hydrogen) atoms. The summed E-state index contributed by atoms with van der Waals surface area (Å²) in [5, 5.41) is 0.503. The highest BCUT2D eigenvalue weighted by Gasteiger charge is 2.08. The summed E-state index contributed by atoms with van der Waals surface area (Å²) < 4.78 is 10.3. The van der Waals surface area contributed by atoms with Gasteiger partial charge in [-0.3, -0.25) is 9.59 Å². The van der Waals surface area contributed by atoms with Crippen LogP contribution in [0.3, 0.4) is 0 Å². The maximum absolute atomic E-state index is 11.7. The zero-order chi connectivity index (χ0) is 19.4. The number of carbonyl (C=O) groups excluding carboxylic acids is 2. The molecule has 0 unspecified atom stereocenters. The average Bonchev–Trinajstić information content (AvgIpc) is 2.54. The number of esters is 2. The Morgan fingerprint density at radius 3 is 2.46 bits per heavy atom. The van der Waals surface area contributed by atoms with Crippen LogP contribution < -0.4 is 4.74 Å². The van der Waals surface area contributed by atoms with Gasteiger partial charge in [0.2, 0.25) is 0 Å². The third-order valence-corrected chi connectivity index (χ3v) is 3.79. The summed E-state index contributed by atoms with van der Waals surface area (Å²) in [7, 11) is 0. The van der Waals surface area contributed by atoms with Gasteiger partial charge in [0.25, 0.3) is 0 Å². The van der Waals surface area contributed by atoms with Crippen molar-refractivity contribution in [3.8, 4) is 5.75 Å². The van der Waals surface area contributed by atoms with Crippen LogP contribution in [0.25, 0.3) is 0 Å². The minimum Gasteiger partial charge on any atom is -0.461 e. The summed E-state index contributed by atoms with van der Waals surface area (Å²) in [6, 6.07) is 6.63. The summed E-state index contributed by atoms with van der Waals surface area (Å²) in [6.45, 7) is 6.45. The van der Waals surface area contributed by atoms with Crippen molar-refractivity contribution in [1.82, 2.24) is 0 Å². The monoisotopic (exact) mass is 378 g/mol. The molecule has 0 heterocycles. The van der Waals surface area contributed by atoms with E-state index in [1.807, 2.05) is 13.0 Å². The second-order valence-corrected chi connectivity index (χ2v) is 6.78. The molecule has 1 aromatic carbocycles. The molecular formula is C21H27ClO4. The van der Waals surface area contributed by atoms with E-state index >= 15 is 0 Å². The second-order valence-electron chi connectivity index (χ2n) is 6.34. The molecule has 0 aromatic heterocycles. The van der Waals surface area contributed by atoms with Crippen molar-refractivity contribution in [1.29, 1.82) is 0 Å². The number of hydrogen-bond donors (Lipinski definition) is 0. The number of ether oxygens (including phenoxy) is 2. The van der Waals surface area contributed by atoms with Crippen molar-refractivity contribution < 1.29 is 19.1 Å². The van der Waals surface area contributed by atoms with E-state index in [-0.39, 0.29) is 25.4 Å². The topological polar surface area (TPSA) is 52.6 Å². The molecule has 0 atom stereocenters. The van der Waals surface area contributed by atoms with Gasteiger partial charge in [0.15, 0.2) is 0 Å². The van der Waals surface area contributed by atoms with E-state index in [1.165, 1.54) is 11.1 Å². The van der Waals surface area contributed by atoms with Crippen LogP contribution in [0.5, 0.6) is 5.75 Å². The van der Waals surface area contributed by atoms with Gasteiger partial charge >= 0.3 is 11.9 Å². The Morgan fingerprint density at radius 2 is 1.77 bits per heavy atom. The number of allylic oxidation sites excluding steroid dienone is 3. The Balaban J connectivity index is 2.18. The summed E-state index contributed by atoms with van der Waals surface area (Å²) in [5.41, 5.74) is 2.50. The van der Waals surface area contributed by atoms with Crippen LogP contribution in [0.15, 0.2) is 47.6 Å². The largest absolute Gasteiger partial charge is 0.461 e. The first-order valence-electron chi connectivity index (χ1n) is 8.77. The SMILES string of the molecule is CC(C)=CCC/C(C)=C\COC(=O)CCCC(=O)Oc1cccc(Cl)c1. The van der Waals surface area contributed by atoms with Gasteiger partial charge in [0, 0.05) is 17.9 Å². The molecular weight excluding hydrogens is 352 g/mol. The summed E-state index contributed by atoms with van der Waals surface area (Å²) in [5.74, 6) is -0.303. The van der Waals surface area contributed by atoms with Gasteiger partial charge < -0.3 is 9.47 Å². The van der Waals surface area contributed by atoms with Crippen molar-refractivity contribution in [2.75, 3.05) is 6.61 Å². The standard InChI is InChI=1S/C21H27ClO4/c1-16(2)7-4-8-17(3)13-14-25-20(23)11-6-12-21(24)26-19-10-5-9-18(22)15-19/h5,7,9-10,13,15H,4,6,8,11-12,14H2,1-3H3/b17-13-. The van der Waals surface area contributed by atoms with Gasteiger partial charge in [-0.2, -0.15) is 0 Å². The van der Waals surface area contributed by atoms with Gasteiger partial charge in [-0.25, -0.2) is 0 Å². The molecule has 0 fully saturated rings. The van der Waals surface area contributed by atoms with E-state index in [9.17, 15) is 9.59 Å². The normalized spacial score (nSPS) is 11.0. The minimum absolute atomic E-state index is 0.152. The quantitative estimate of drug-likeness (QED) is 0.300. The van der Waals surface area contributed by atoms with Crippen molar-refractivity contribution in [2.24, 2.45) is 0 Å². The van der Waals surface area contributed by atoms with Crippen molar-refractivity contribution >= 4 is 23.5 Å². The van der Waals surface area contributed by atoms with Crippen LogP contribution in [0.4, 0.5) is 0 Å². The lowest BCUT2D eigenvalue weighted by Gasteiger charge is -2.05. The fourth-order valence-corrected chi connectivity index (χ4v) is 2.31. The lowest BCUT2D eigenvalue weighted by molar-refractivity contribution is -0.142. The zero-order valence-corrected chi connectivity index (χ0v) is 16.5. The number of carbonyl (C=O) groups is 2. The molecule has 0 saturated carbocycles. The van der Waals surface area contributed by atoms with Crippen LogP contribution >= 0.6 is 11.6 Å². The molecule has 1 rings (SSSR count). The van der Waals surface area contributed by atoms with Gasteiger partial charge in [-0.05, 0) is 64.3 Å². The summed E-state index contributed by atoms with van der Waals surface area (Å²) >= 11 is 5.83. The fourth-order valence-electron chi connectivity index (χ4n) is 2.13. The zero-order valence-electron chi connectivity index (χ0n) is 15.7. The summed E-state index contributed by atoms with van der Waals surface area (Å²) in [6.07, 6.45) is 6.79. The van der Waals surface area contributed by atoms with Crippen LogP contribution in [-0.4, -0.2) is 18.5 Å². The highest BCUT2D eigenvalue weighted by molar-refractivity contribution is 6.30. The first kappa shape index (κ1) is 22.0. The molecule has 0 spiro atoms. The number of halogens is 1. The molecule has 0 aliphatic heterocycles. The lowest BCUT2D eigenvalue weighted by Crippen LogP contribution is -2.10. The molecule has 5 heteroatoms. The molecule has 142 valence electrons. The van der Waals surface area contributed by atoms with Crippen LogP contribution in [0.1, 0.15) is 52.9 Å². The van der Waals surface area contributed by atoms with Crippen molar-refractivity contribution in [3.05, 3.63) is 52.6 Å². The molecule has 0 radical (unpaired) electrons. The maximum atomic E-state index is 11.7. The van der Waals surface area contributed by atoms with E-state index in [2.05, 4.69) is 19.9 Å². The van der Waals surface area contributed by atoms with Gasteiger partial charge in [-0.1, -0.05) is 34.9 Å². The predicted octanol–water partition coefficient (Wildman–Crippen LogP) is 5.65. The Hall–Kier alpha value is -2.07. The third-order valence-electron chi connectivity index (χ3n) is 3.56. The average molecular weight is 379 g/mol. The lowest BCUT2D eigenvalue weighted by atomic mass is 10.1. The van der Waals surface area contributed by atoms with Crippen molar-refractivity contribution in [3.63, 3.8) is 0 Å². The van der Waals surface area contributed by atoms with E-state index < -0.39 is 5.97 Å². The van der Waals surface area contributed by atoms with Crippen molar-refractivity contribution in [2.45, 2.75) is 52.9 Å². The van der Waals surface area contributed by atoms with Gasteiger partial charge in [0.1, 0.15) is 12.4 Å². The fraction of sp³-hybridized carbons (Fsp3) is 0.429. The Kier molecular flexibility index (Phi) is 10.4. The number of rotatable bonds is 10. The molecule has 0 aliphatic rings. The van der Waals surface area contributed by atoms with Gasteiger partial charge in [0.05, 0.1) is 0 Å². The second kappa shape index (κ2) is 12.3. The van der Waals surface area contributed by atoms with E-state index in [0.717, 1.165) is 12.8 Å². The van der Waals surface area contributed by atoms with Gasteiger partial charge in [-0.15, -0.1) is 0 Å². The molecule has 1 aromatic rings. The first-order chi connectivity index (χ1) is 12.4. The van der Waals surface area contributed by atoms with E-state index in [0.29, 0.717) is 17.2 Å². The highest BCUT2D eigenvalue weighted by atomic mass is 35.5. The number of benzene rings is 1. The molecule has 0 saturated heterocycles. The first-order valence-corrected chi connectivity index (χ1v) is 9.15. The number of hydrogen-bond acceptors (Lipinski definition) is 4. The van der Waals surface area contributed by atoms with E-state index in [1.54, 1.807) is 24.3 Å². The van der Waals surface area contributed by atoms with Crippen LogP contribution in [0.2, 0.25) is 5.02 Å². The molecule has 0 aliphatic carbocycles. The Labute approximate surface area is 160 Å². The van der Waals surface area contributed by atoms with Crippen LogP contribution in [0, 0.1) is 0 Å².